The number of carbonyl (C=O) groups excluding carboxylic acids is 1. The molecule has 2 aliphatic rings. The lowest BCUT2D eigenvalue weighted by Crippen LogP contribution is -2.40. The topological polar surface area (TPSA) is 88.6 Å². The molecule has 2 aliphatic heterocycles. The first-order valence-corrected chi connectivity index (χ1v) is 10.1. The van der Waals surface area contributed by atoms with Gasteiger partial charge in [-0.1, -0.05) is 6.42 Å². The van der Waals surface area contributed by atoms with Gasteiger partial charge >= 0.3 is 0 Å². The Labute approximate surface area is 155 Å². The number of hydrogen-bond donors (Lipinski definition) is 1. The molecular weight excluding hydrogens is 364 g/mol. The van der Waals surface area contributed by atoms with Crippen LogP contribution in [0.5, 0.6) is 0 Å². The van der Waals surface area contributed by atoms with Crippen LogP contribution in [0.1, 0.15) is 42.6 Å². The van der Waals surface area contributed by atoms with Crippen molar-refractivity contribution in [2.45, 2.75) is 43.0 Å². The van der Waals surface area contributed by atoms with Gasteiger partial charge in [0, 0.05) is 45.5 Å². The highest BCUT2D eigenvalue weighted by Gasteiger charge is 2.32. The minimum atomic E-state index is -3.52. The molecule has 0 aromatic carbocycles. The number of likely N-dealkylation sites (tertiary alicyclic amines) is 1. The molecule has 1 aromatic rings. The molecule has 2 fully saturated rings. The molecule has 0 spiro atoms. The molecule has 0 aliphatic carbocycles. The van der Waals surface area contributed by atoms with Crippen molar-refractivity contribution in [2.24, 2.45) is 12.8 Å². The standard InChI is InChI=1S/C16H26N4O3S.ClH/c1-18-12-14(24(22,23)19-7-3-2-4-8-19)10-15(18)16(21)20-9-5-6-13(20)11-17;/h10,12-13H,2-9,11,17H2,1H3;1H. The van der Waals surface area contributed by atoms with Gasteiger partial charge in [-0.15, -0.1) is 12.4 Å². The number of sulfonamides is 1. The van der Waals surface area contributed by atoms with Gasteiger partial charge in [-0.25, -0.2) is 8.42 Å². The van der Waals surface area contributed by atoms with Crippen LogP contribution in [0.2, 0.25) is 0 Å². The first-order chi connectivity index (χ1) is 11.4. The third-order valence-electron chi connectivity index (χ3n) is 5.06. The number of hydrogen-bond acceptors (Lipinski definition) is 4. The Morgan fingerprint density at radius 3 is 2.52 bits per heavy atom. The Morgan fingerprint density at radius 2 is 1.88 bits per heavy atom. The van der Waals surface area contributed by atoms with Crippen molar-refractivity contribution < 1.29 is 13.2 Å². The van der Waals surface area contributed by atoms with Crippen LogP contribution >= 0.6 is 12.4 Å². The van der Waals surface area contributed by atoms with Crippen LogP contribution in [0, 0.1) is 0 Å². The molecule has 1 aromatic heterocycles. The van der Waals surface area contributed by atoms with Crippen LogP contribution in [0.25, 0.3) is 0 Å². The number of rotatable bonds is 4. The van der Waals surface area contributed by atoms with Gasteiger partial charge in [0.05, 0.1) is 0 Å². The van der Waals surface area contributed by atoms with Crippen molar-refractivity contribution in [3.63, 3.8) is 0 Å². The zero-order chi connectivity index (χ0) is 17.3. The number of nitrogens with zero attached hydrogens (tertiary/aromatic N) is 3. The van der Waals surface area contributed by atoms with Gasteiger partial charge < -0.3 is 15.2 Å². The van der Waals surface area contributed by atoms with Crippen molar-refractivity contribution in [3.8, 4) is 0 Å². The van der Waals surface area contributed by atoms with E-state index in [0.29, 0.717) is 31.9 Å². The van der Waals surface area contributed by atoms with E-state index in [-0.39, 0.29) is 29.3 Å². The zero-order valence-electron chi connectivity index (χ0n) is 14.6. The first kappa shape index (κ1) is 20.2. The molecule has 0 bridgehead atoms. The summed E-state index contributed by atoms with van der Waals surface area (Å²) in [7, 11) is -1.80. The molecule has 7 nitrogen and oxygen atoms in total. The number of aromatic nitrogens is 1. The summed E-state index contributed by atoms with van der Waals surface area (Å²) >= 11 is 0. The molecule has 25 heavy (non-hydrogen) atoms. The van der Waals surface area contributed by atoms with Crippen molar-refractivity contribution in [2.75, 3.05) is 26.2 Å². The second-order valence-electron chi connectivity index (χ2n) is 6.67. The number of amides is 1. The maximum Gasteiger partial charge on any atom is 0.270 e. The largest absolute Gasteiger partial charge is 0.345 e. The van der Waals surface area contributed by atoms with Crippen LogP contribution in [0.3, 0.4) is 0 Å². The van der Waals surface area contributed by atoms with Gasteiger partial charge in [-0.2, -0.15) is 4.31 Å². The monoisotopic (exact) mass is 390 g/mol. The Bertz CT molecular complexity index is 713. The minimum Gasteiger partial charge on any atom is -0.345 e. The van der Waals surface area contributed by atoms with Gasteiger partial charge in [0.1, 0.15) is 10.6 Å². The van der Waals surface area contributed by atoms with E-state index < -0.39 is 10.0 Å². The maximum absolute atomic E-state index is 12.8. The lowest BCUT2D eigenvalue weighted by molar-refractivity contribution is 0.0731. The zero-order valence-corrected chi connectivity index (χ0v) is 16.2. The normalized spacial score (nSPS) is 22.0. The summed E-state index contributed by atoms with van der Waals surface area (Å²) in [6.45, 7) is 2.24. The van der Waals surface area contributed by atoms with Crippen molar-refractivity contribution in [3.05, 3.63) is 18.0 Å². The number of carbonyl (C=O) groups is 1. The summed E-state index contributed by atoms with van der Waals surface area (Å²) < 4.78 is 28.7. The minimum absolute atomic E-state index is 0. The molecule has 0 saturated carbocycles. The van der Waals surface area contributed by atoms with E-state index in [9.17, 15) is 13.2 Å². The summed E-state index contributed by atoms with van der Waals surface area (Å²) in [4.78, 5) is 14.8. The molecule has 0 radical (unpaired) electrons. The fourth-order valence-corrected chi connectivity index (χ4v) is 5.23. The van der Waals surface area contributed by atoms with Gasteiger partial charge in [0.2, 0.25) is 10.0 Å². The average molecular weight is 391 g/mol. The molecule has 1 unspecified atom stereocenters. The van der Waals surface area contributed by atoms with Crippen molar-refractivity contribution in [1.29, 1.82) is 0 Å². The molecule has 142 valence electrons. The lowest BCUT2D eigenvalue weighted by atomic mass is 10.2. The highest BCUT2D eigenvalue weighted by molar-refractivity contribution is 7.89. The number of nitrogens with two attached hydrogens (primary N) is 1. The summed E-state index contributed by atoms with van der Waals surface area (Å²) in [6.07, 6.45) is 6.25. The van der Waals surface area contributed by atoms with E-state index in [1.54, 1.807) is 22.7 Å². The quantitative estimate of drug-likeness (QED) is 0.836. The van der Waals surface area contributed by atoms with Gasteiger partial charge in [-0.3, -0.25) is 4.79 Å². The maximum atomic E-state index is 12.8. The lowest BCUT2D eigenvalue weighted by Gasteiger charge is -2.25. The molecule has 3 rings (SSSR count). The SMILES string of the molecule is Cl.Cn1cc(S(=O)(=O)N2CCCCC2)cc1C(=O)N1CCCC1CN. The number of aryl methyl sites for hydroxylation is 1. The molecule has 1 amide bonds. The third-order valence-corrected chi connectivity index (χ3v) is 6.93. The summed E-state index contributed by atoms with van der Waals surface area (Å²) in [5.41, 5.74) is 6.16. The van der Waals surface area contributed by atoms with Crippen LogP contribution in [-0.2, 0) is 17.1 Å². The highest BCUT2D eigenvalue weighted by Crippen LogP contribution is 2.25. The first-order valence-electron chi connectivity index (χ1n) is 8.62. The van der Waals surface area contributed by atoms with Gasteiger partial charge in [0.15, 0.2) is 0 Å². The second-order valence-corrected chi connectivity index (χ2v) is 8.60. The van der Waals surface area contributed by atoms with Crippen LogP contribution in [0.15, 0.2) is 17.2 Å². The summed E-state index contributed by atoms with van der Waals surface area (Å²) in [5, 5.41) is 0. The summed E-state index contributed by atoms with van der Waals surface area (Å²) in [5.74, 6) is -0.134. The molecule has 2 saturated heterocycles. The van der Waals surface area contributed by atoms with Crippen molar-refractivity contribution >= 4 is 28.3 Å². The molecule has 9 heteroatoms. The van der Waals surface area contributed by atoms with E-state index in [2.05, 4.69) is 0 Å². The third kappa shape index (κ3) is 3.86. The predicted octanol–water partition coefficient (Wildman–Crippen LogP) is 1.18. The van der Waals surface area contributed by atoms with Gasteiger partial charge in [0.25, 0.3) is 5.91 Å². The molecule has 1 atom stereocenters. The smallest absolute Gasteiger partial charge is 0.270 e. The molecular formula is C16H27ClN4O3S. The van der Waals surface area contributed by atoms with E-state index in [4.69, 9.17) is 5.73 Å². The average Bonchev–Trinajstić information content (AvgIpc) is 3.21. The Hall–Kier alpha value is -1.09. The number of piperidine rings is 1. The number of halogens is 1. The Balaban J connectivity index is 0.00000225. The summed E-state index contributed by atoms with van der Waals surface area (Å²) in [6, 6.07) is 1.56. The fraction of sp³-hybridized carbons (Fsp3) is 0.688. The van der Waals surface area contributed by atoms with Crippen LogP contribution < -0.4 is 5.73 Å². The van der Waals surface area contributed by atoms with E-state index in [0.717, 1.165) is 32.1 Å². The Kier molecular flexibility index (Phi) is 6.53. The van der Waals surface area contributed by atoms with E-state index in [1.165, 1.54) is 10.4 Å². The predicted molar refractivity (Wildman–Crippen MR) is 98.4 cm³/mol. The fourth-order valence-electron chi connectivity index (χ4n) is 3.64. The van der Waals surface area contributed by atoms with E-state index in [1.807, 2.05) is 0 Å². The van der Waals surface area contributed by atoms with Crippen molar-refractivity contribution in [1.82, 2.24) is 13.8 Å². The molecule has 3 heterocycles. The van der Waals surface area contributed by atoms with Crippen LogP contribution in [-0.4, -0.2) is 60.3 Å². The van der Waals surface area contributed by atoms with Gasteiger partial charge in [-0.05, 0) is 31.7 Å². The second kappa shape index (κ2) is 8.07. The van der Waals surface area contributed by atoms with Crippen LogP contribution in [0.4, 0.5) is 0 Å². The highest BCUT2D eigenvalue weighted by atomic mass is 35.5. The van der Waals surface area contributed by atoms with E-state index >= 15 is 0 Å². The Morgan fingerprint density at radius 1 is 1.20 bits per heavy atom. The molecule has 2 N–H and O–H groups in total.